The maximum absolute atomic E-state index is 13.4. The first-order chi connectivity index (χ1) is 20.4. The Morgan fingerprint density at radius 2 is 1.71 bits per heavy atom. The van der Waals surface area contributed by atoms with E-state index in [-0.39, 0.29) is 17.9 Å². The summed E-state index contributed by atoms with van der Waals surface area (Å²) >= 11 is 6.39. The van der Waals surface area contributed by atoms with Gasteiger partial charge < -0.3 is 31.9 Å². The summed E-state index contributed by atoms with van der Waals surface area (Å²) in [6, 6.07) is 20.8. The molecule has 6 N–H and O–H groups in total. The molecule has 0 aliphatic carbocycles. The Hall–Kier alpha value is -4.83. The van der Waals surface area contributed by atoms with Crippen LogP contribution < -0.4 is 27.0 Å². The molecule has 0 saturated carbocycles. The van der Waals surface area contributed by atoms with E-state index >= 15 is 0 Å². The molecule has 6 bridgehead atoms. The van der Waals surface area contributed by atoms with E-state index < -0.39 is 0 Å². The third-order valence-corrected chi connectivity index (χ3v) is 7.83. The van der Waals surface area contributed by atoms with Crippen LogP contribution in [0.25, 0.3) is 0 Å². The van der Waals surface area contributed by atoms with E-state index in [0.717, 1.165) is 41.0 Å². The fourth-order valence-electron chi connectivity index (χ4n) is 5.21. The van der Waals surface area contributed by atoms with Gasteiger partial charge in [-0.1, -0.05) is 23.7 Å². The number of carbonyl (C=O) groups is 2. The van der Waals surface area contributed by atoms with Gasteiger partial charge in [0.25, 0.3) is 0 Å². The topological polar surface area (TPSA) is 137 Å². The Morgan fingerprint density at radius 3 is 2.52 bits per heavy atom. The number of urea groups is 1. The van der Waals surface area contributed by atoms with Crippen molar-refractivity contribution in [1.29, 1.82) is 0 Å². The quantitative estimate of drug-likeness (QED) is 0.182. The molecule has 2 aliphatic heterocycles. The fourth-order valence-corrected chi connectivity index (χ4v) is 5.35. The molecule has 0 radical (unpaired) electrons. The second-order valence-corrected chi connectivity index (χ2v) is 10.9. The second kappa shape index (κ2) is 12.0. The van der Waals surface area contributed by atoms with Crippen molar-refractivity contribution in [2.45, 2.75) is 25.7 Å². The second-order valence-electron chi connectivity index (χ2n) is 10.5. The minimum atomic E-state index is -0.189. The molecule has 0 spiro atoms. The van der Waals surface area contributed by atoms with Crippen molar-refractivity contribution in [1.82, 2.24) is 14.9 Å². The fraction of sp³-hybridized carbons (Fsp3) is 0.226. The molecule has 0 atom stereocenters. The SMILES string of the molecule is Nc1ccc(NC(=O)N2CCC(C(=O)Nc3ccc4cc3CCc3cccc(c3)Nc3ncc(Cl)c(n3)N4)CC2)cc1. The first-order valence-electron chi connectivity index (χ1n) is 13.9. The van der Waals surface area contributed by atoms with Gasteiger partial charge in [0.05, 0.1) is 6.20 Å². The van der Waals surface area contributed by atoms with Crippen molar-refractivity contribution >= 4 is 63.7 Å². The number of fused-ring (bicyclic) bond motifs is 6. The van der Waals surface area contributed by atoms with Gasteiger partial charge in [0.15, 0.2) is 5.82 Å². The maximum Gasteiger partial charge on any atom is 0.321 e. The molecule has 214 valence electrons. The lowest BCUT2D eigenvalue weighted by Crippen LogP contribution is -2.43. The number of halogens is 1. The van der Waals surface area contributed by atoms with E-state index in [1.54, 1.807) is 35.4 Å². The summed E-state index contributed by atoms with van der Waals surface area (Å²) in [5.41, 5.74) is 11.7. The summed E-state index contributed by atoms with van der Waals surface area (Å²) in [6.07, 6.45) is 4.23. The van der Waals surface area contributed by atoms with Gasteiger partial charge in [-0.25, -0.2) is 9.78 Å². The van der Waals surface area contributed by atoms with Gasteiger partial charge in [-0.05, 0) is 91.4 Å². The molecule has 6 rings (SSSR count). The first kappa shape index (κ1) is 27.3. The number of nitrogens with two attached hydrogens (primary N) is 1. The number of rotatable bonds is 3. The monoisotopic (exact) mass is 582 g/mol. The van der Waals surface area contributed by atoms with E-state index in [0.29, 0.717) is 54.1 Å². The molecule has 1 fully saturated rings. The van der Waals surface area contributed by atoms with E-state index in [4.69, 9.17) is 17.3 Å². The zero-order valence-electron chi connectivity index (χ0n) is 22.9. The van der Waals surface area contributed by atoms with E-state index in [2.05, 4.69) is 43.4 Å². The van der Waals surface area contributed by atoms with Crippen molar-refractivity contribution in [3.8, 4) is 0 Å². The number of hydrogen-bond acceptors (Lipinski definition) is 7. The smallest absolute Gasteiger partial charge is 0.321 e. The van der Waals surface area contributed by atoms with E-state index in [9.17, 15) is 9.59 Å². The number of piperidine rings is 1. The van der Waals surface area contributed by atoms with Gasteiger partial charge in [-0.3, -0.25) is 4.79 Å². The highest BCUT2D eigenvalue weighted by molar-refractivity contribution is 6.32. The molecule has 42 heavy (non-hydrogen) atoms. The summed E-state index contributed by atoms with van der Waals surface area (Å²) < 4.78 is 0. The molecular weight excluding hydrogens is 552 g/mol. The molecule has 11 heteroatoms. The zero-order chi connectivity index (χ0) is 29.1. The minimum absolute atomic E-state index is 0.0387. The minimum Gasteiger partial charge on any atom is -0.399 e. The summed E-state index contributed by atoms with van der Waals surface area (Å²) in [7, 11) is 0. The first-order valence-corrected chi connectivity index (χ1v) is 14.3. The molecule has 4 aromatic rings. The lowest BCUT2D eigenvalue weighted by molar-refractivity contribution is -0.121. The number of carbonyl (C=O) groups excluding carboxylic acids is 2. The largest absolute Gasteiger partial charge is 0.399 e. The molecule has 3 aromatic carbocycles. The van der Waals surface area contributed by atoms with Crippen molar-refractivity contribution in [3.63, 3.8) is 0 Å². The summed E-state index contributed by atoms with van der Waals surface area (Å²) in [4.78, 5) is 36.7. The van der Waals surface area contributed by atoms with Crippen LogP contribution in [0.1, 0.15) is 24.0 Å². The molecule has 10 nitrogen and oxygen atoms in total. The van der Waals surface area contributed by atoms with Crippen LogP contribution >= 0.6 is 11.6 Å². The summed E-state index contributed by atoms with van der Waals surface area (Å²) in [5, 5.41) is 13.0. The molecule has 1 aromatic heterocycles. The molecule has 0 unspecified atom stereocenters. The summed E-state index contributed by atoms with van der Waals surface area (Å²) in [6.45, 7) is 1.00. The number of amides is 3. The standard InChI is InChI=1S/C31H31ClN8O2/c32-26-18-34-30-36-24-3-1-2-19(16-24)4-5-21-17-25(35-28(26)39-30)10-11-27(21)38-29(41)20-12-14-40(15-13-20)31(42)37-23-8-6-22(33)7-9-23/h1-3,6-11,16-18,20H,4-5,12-15,33H2,(H,37,42)(H,38,41)(H2,34,35,36,39). The van der Waals surface area contributed by atoms with E-state index in [1.807, 2.05) is 30.3 Å². The zero-order valence-corrected chi connectivity index (χ0v) is 23.6. The highest BCUT2D eigenvalue weighted by Crippen LogP contribution is 2.30. The number of nitrogens with one attached hydrogen (secondary N) is 4. The number of benzene rings is 3. The number of anilines is 7. The van der Waals surface area contributed by atoms with Crippen molar-refractivity contribution in [2.24, 2.45) is 5.92 Å². The molecule has 3 heterocycles. The van der Waals surface area contributed by atoms with Crippen LogP contribution in [0.5, 0.6) is 0 Å². The lowest BCUT2D eigenvalue weighted by Gasteiger charge is -2.31. The van der Waals surface area contributed by atoms with Crippen LogP contribution in [0.15, 0.2) is 72.9 Å². The van der Waals surface area contributed by atoms with Gasteiger partial charge in [-0.15, -0.1) is 0 Å². The Bertz CT molecular complexity index is 1620. The van der Waals surface area contributed by atoms with Crippen molar-refractivity contribution < 1.29 is 9.59 Å². The molecule has 1 saturated heterocycles. The number of nitrogens with zero attached hydrogens (tertiary/aromatic N) is 3. The number of nitrogen functional groups attached to an aromatic ring is 1. The van der Waals surface area contributed by atoms with Crippen LogP contribution in [0.3, 0.4) is 0 Å². The van der Waals surface area contributed by atoms with Gasteiger partial charge >= 0.3 is 6.03 Å². The highest BCUT2D eigenvalue weighted by Gasteiger charge is 2.28. The molecule has 2 aliphatic rings. The lowest BCUT2D eigenvalue weighted by atomic mass is 9.95. The summed E-state index contributed by atoms with van der Waals surface area (Å²) in [5.74, 6) is 0.699. The predicted octanol–water partition coefficient (Wildman–Crippen LogP) is 6.18. The van der Waals surface area contributed by atoms with Gasteiger partial charge in [-0.2, -0.15) is 4.98 Å². The third kappa shape index (κ3) is 6.39. The van der Waals surface area contributed by atoms with E-state index in [1.165, 1.54) is 0 Å². The number of likely N-dealkylation sites (tertiary alicyclic amines) is 1. The van der Waals surface area contributed by atoms with Gasteiger partial charge in [0.2, 0.25) is 11.9 Å². The predicted molar refractivity (Wildman–Crippen MR) is 167 cm³/mol. The third-order valence-electron chi connectivity index (χ3n) is 7.55. The Kier molecular flexibility index (Phi) is 7.78. The Balaban J connectivity index is 1.15. The van der Waals surface area contributed by atoms with Crippen LogP contribution in [0.4, 0.5) is 45.0 Å². The van der Waals surface area contributed by atoms with Crippen molar-refractivity contribution in [3.05, 3.63) is 89.1 Å². The van der Waals surface area contributed by atoms with Gasteiger partial charge in [0, 0.05) is 47.4 Å². The molecule has 3 amide bonds. The maximum atomic E-state index is 13.4. The van der Waals surface area contributed by atoms with Gasteiger partial charge in [0.1, 0.15) is 5.02 Å². The number of aryl methyl sites for hydroxylation is 2. The van der Waals surface area contributed by atoms with Crippen LogP contribution in [-0.4, -0.2) is 39.9 Å². The molecular formula is C31H31ClN8O2. The van der Waals surface area contributed by atoms with Crippen LogP contribution in [0.2, 0.25) is 5.02 Å². The average molecular weight is 583 g/mol. The van der Waals surface area contributed by atoms with Crippen LogP contribution in [0, 0.1) is 5.92 Å². The Labute approximate surface area is 248 Å². The average Bonchev–Trinajstić information content (AvgIpc) is 3.00. The highest BCUT2D eigenvalue weighted by atomic mass is 35.5. The normalized spacial score (nSPS) is 14.7. The van der Waals surface area contributed by atoms with Crippen molar-refractivity contribution in [2.75, 3.05) is 40.1 Å². The number of hydrogen-bond donors (Lipinski definition) is 5. The number of aromatic nitrogens is 2. The van der Waals surface area contributed by atoms with Crippen LogP contribution in [-0.2, 0) is 17.6 Å². The Morgan fingerprint density at radius 1 is 0.929 bits per heavy atom.